The van der Waals surface area contributed by atoms with Gasteiger partial charge in [-0.1, -0.05) is 28.1 Å². The first kappa shape index (κ1) is 18.7. The summed E-state index contributed by atoms with van der Waals surface area (Å²) < 4.78 is 0.751. The Morgan fingerprint density at radius 3 is 2.80 bits per heavy atom. The van der Waals surface area contributed by atoms with E-state index in [9.17, 15) is 9.59 Å². The third kappa shape index (κ3) is 4.06. The first-order valence-electron chi connectivity index (χ1n) is 7.28. The summed E-state index contributed by atoms with van der Waals surface area (Å²) in [4.78, 5) is 27.1. The number of azo groups is 1. The van der Waals surface area contributed by atoms with E-state index in [1.807, 2.05) is 0 Å². The van der Waals surface area contributed by atoms with Crippen LogP contribution in [0, 0.1) is 6.92 Å². The molecule has 0 saturated heterocycles. The molecule has 0 saturated carbocycles. The minimum Gasteiger partial charge on any atom is -0.394 e. The van der Waals surface area contributed by atoms with E-state index in [1.54, 1.807) is 31.2 Å². The van der Waals surface area contributed by atoms with E-state index in [0.29, 0.717) is 23.1 Å². The number of nitrogens with zero attached hydrogens (tertiary/aromatic N) is 3. The molecule has 9 heteroatoms. The zero-order valence-electron chi connectivity index (χ0n) is 13.4. The lowest BCUT2D eigenvalue weighted by Gasteiger charge is -2.03. The number of rotatable bonds is 6. The Morgan fingerprint density at radius 2 is 2.20 bits per heavy atom. The standard InChI is InChI=1S/C16H16BrN5O3/c1-9-13(15(25)10-3-2-4-11(17)7-10)12(8-24)20-14(9)16(21-18)22-19-5-6-23/h2-4,7-8,20,23H,5-6,18H2,1H3. The highest BCUT2D eigenvalue weighted by atomic mass is 79.9. The monoisotopic (exact) mass is 405 g/mol. The Kier molecular flexibility index (Phi) is 6.31. The fourth-order valence-electron chi connectivity index (χ4n) is 2.30. The number of aliphatic hydroxyl groups is 1. The lowest BCUT2D eigenvalue weighted by atomic mass is 9.99. The van der Waals surface area contributed by atoms with Gasteiger partial charge in [0.2, 0.25) is 5.84 Å². The van der Waals surface area contributed by atoms with Crippen LogP contribution in [0.25, 0.3) is 0 Å². The van der Waals surface area contributed by atoms with Gasteiger partial charge in [-0.2, -0.15) is 10.2 Å². The van der Waals surface area contributed by atoms with Crippen molar-refractivity contribution in [1.29, 1.82) is 0 Å². The molecule has 0 atom stereocenters. The number of hydrogen-bond donors (Lipinski definition) is 3. The van der Waals surface area contributed by atoms with Gasteiger partial charge in [-0.3, -0.25) is 9.59 Å². The Hall–Kier alpha value is -2.65. The van der Waals surface area contributed by atoms with E-state index >= 15 is 0 Å². The molecule has 130 valence electrons. The zero-order chi connectivity index (χ0) is 18.4. The van der Waals surface area contributed by atoms with Crippen LogP contribution in [0.15, 0.2) is 44.1 Å². The van der Waals surface area contributed by atoms with Crippen LogP contribution in [0.4, 0.5) is 0 Å². The number of H-pyrrole nitrogens is 1. The van der Waals surface area contributed by atoms with Crippen LogP contribution in [-0.2, 0) is 0 Å². The molecular formula is C16H16BrN5O3. The fourth-order valence-corrected chi connectivity index (χ4v) is 2.70. The molecule has 25 heavy (non-hydrogen) atoms. The summed E-state index contributed by atoms with van der Waals surface area (Å²) in [5.41, 5.74) is 1.57. The number of benzene rings is 1. The van der Waals surface area contributed by atoms with Crippen molar-refractivity contribution in [2.24, 2.45) is 21.2 Å². The Morgan fingerprint density at radius 1 is 1.44 bits per heavy atom. The number of hydrogen-bond acceptors (Lipinski definition) is 6. The summed E-state index contributed by atoms with van der Waals surface area (Å²) in [5.74, 6) is 5.05. The van der Waals surface area contributed by atoms with Crippen molar-refractivity contribution < 1.29 is 14.7 Å². The summed E-state index contributed by atoms with van der Waals surface area (Å²) in [6, 6.07) is 6.86. The van der Waals surface area contributed by atoms with Crippen molar-refractivity contribution in [1.82, 2.24) is 4.98 Å². The van der Waals surface area contributed by atoms with Crippen LogP contribution in [0.1, 0.15) is 37.7 Å². The highest BCUT2D eigenvalue weighted by Gasteiger charge is 2.24. The smallest absolute Gasteiger partial charge is 0.216 e. The second-order valence-corrected chi connectivity index (χ2v) is 5.93. The number of nitrogens with one attached hydrogen (secondary N) is 1. The highest BCUT2D eigenvalue weighted by Crippen LogP contribution is 2.23. The van der Waals surface area contributed by atoms with E-state index in [0.717, 1.165) is 4.47 Å². The van der Waals surface area contributed by atoms with E-state index < -0.39 is 0 Å². The van der Waals surface area contributed by atoms with Gasteiger partial charge in [0.1, 0.15) is 0 Å². The molecule has 0 radical (unpaired) electrons. The lowest BCUT2D eigenvalue weighted by Crippen LogP contribution is -2.06. The molecule has 0 bridgehead atoms. The summed E-state index contributed by atoms with van der Waals surface area (Å²) in [6.07, 6.45) is 0.556. The van der Waals surface area contributed by atoms with Gasteiger partial charge in [0.05, 0.1) is 30.1 Å². The van der Waals surface area contributed by atoms with Gasteiger partial charge in [-0.25, -0.2) is 0 Å². The van der Waals surface area contributed by atoms with Gasteiger partial charge in [-0.05, 0) is 24.6 Å². The fraction of sp³-hybridized carbons (Fsp3) is 0.188. The molecular weight excluding hydrogens is 390 g/mol. The van der Waals surface area contributed by atoms with Gasteiger partial charge in [0, 0.05) is 10.0 Å². The Balaban J connectivity index is 2.51. The average molecular weight is 406 g/mol. The molecule has 0 aliphatic carbocycles. The van der Waals surface area contributed by atoms with Crippen LogP contribution in [-0.4, -0.2) is 41.1 Å². The van der Waals surface area contributed by atoms with Crippen LogP contribution >= 0.6 is 15.9 Å². The number of nitrogens with two attached hydrogens (primary N) is 1. The van der Waals surface area contributed by atoms with Crippen molar-refractivity contribution >= 4 is 33.8 Å². The van der Waals surface area contributed by atoms with E-state index in [4.69, 9.17) is 10.9 Å². The lowest BCUT2D eigenvalue weighted by molar-refractivity contribution is 0.102. The zero-order valence-corrected chi connectivity index (χ0v) is 14.9. The van der Waals surface area contributed by atoms with Crippen molar-refractivity contribution in [3.63, 3.8) is 0 Å². The minimum atomic E-state index is -0.313. The molecule has 0 aliphatic heterocycles. The van der Waals surface area contributed by atoms with Gasteiger partial charge < -0.3 is 15.9 Å². The maximum Gasteiger partial charge on any atom is 0.216 e. The number of ketones is 1. The maximum absolute atomic E-state index is 12.8. The largest absolute Gasteiger partial charge is 0.394 e. The molecule has 2 aromatic rings. The number of aliphatic hydroxyl groups excluding tert-OH is 1. The normalized spacial score (nSPS) is 11.9. The second kappa shape index (κ2) is 8.45. The second-order valence-electron chi connectivity index (χ2n) is 5.01. The van der Waals surface area contributed by atoms with Crippen molar-refractivity contribution in [3.8, 4) is 0 Å². The van der Waals surface area contributed by atoms with Crippen LogP contribution in [0.3, 0.4) is 0 Å². The average Bonchev–Trinajstić information content (AvgIpc) is 2.94. The summed E-state index contributed by atoms with van der Waals surface area (Å²) in [6.45, 7) is 1.58. The van der Waals surface area contributed by atoms with Crippen molar-refractivity contribution in [3.05, 3.63) is 56.8 Å². The molecule has 2 rings (SSSR count). The number of hydrazone groups is 1. The van der Waals surface area contributed by atoms with Crippen LogP contribution in [0.2, 0.25) is 0 Å². The molecule has 1 aromatic carbocycles. The molecule has 0 aliphatic rings. The number of carbonyl (C=O) groups is 2. The SMILES string of the molecule is Cc1c(C(N=NCCO)=NN)[nH]c(C=O)c1C(=O)c1cccc(Br)c1. The summed E-state index contributed by atoms with van der Waals surface area (Å²) >= 11 is 3.32. The Labute approximate surface area is 152 Å². The van der Waals surface area contributed by atoms with Crippen LogP contribution in [0.5, 0.6) is 0 Å². The number of carbonyl (C=O) groups excluding carboxylic acids is 2. The number of halogens is 1. The third-order valence-electron chi connectivity index (χ3n) is 3.42. The first-order chi connectivity index (χ1) is 12.0. The molecule has 4 N–H and O–H groups in total. The quantitative estimate of drug-likeness (QED) is 0.129. The molecule has 0 spiro atoms. The molecule has 0 fully saturated rings. The van der Waals surface area contributed by atoms with Crippen LogP contribution < -0.4 is 5.84 Å². The van der Waals surface area contributed by atoms with E-state index in [1.165, 1.54) is 0 Å². The maximum atomic E-state index is 12.8. The van der Waals surface area contributed by atoms with Crippen molar-refractivity contribution in [2.45, 2.75) is 6.92 Å². The first-order valence-corrected chi connectivity index (χ1v) is 8.07. The topological polar surface area (TPSA) is 133 Å². The van der Waals surface area contributed by atoms with E-state index in [2.05, 4.69) is 36.2 Å². The molecule has 0 amide bonds. The number of aromatic nitrogens is 1. The molecule has 0 unspecified atom stereocenters. The predicted molar refractivity (Wildman–Crippen MR) is 96.0 cm³/mol. The number of aldehydes is 1. The number of aromatic amines is 1. The van der Waals surface area contributed by atoms with Gasteiger partial charge in [0.15, 0.2) is 12.1 Å². The molecule has 1 heterocycles. The highest BCUT2D eigenvalue weighted by molar-refractivity contribution is 9.10. The third-order valence-corrected chi connectivity index (χ3v) is 3.92. The molecule has 8 nitrogen and oxygen atoms in total. The summed E-state index contributed by atoms with van der Waals surface area (Å²) in [5, 5.41) is 19.8. The van der Waals surface area contributed by atoms with E-state index in [-0.39, 0.29) is 36.0 Å². The van der Waals surface area contributed by atoms with Crippen molar-refractivity contribution in [2.75, 3.05) is 13.2 Å². The number of amidine groups is 1. The van der Waals surface area contributed by atoms with Gasteiger partial charge >= 0.3 is 0 Å². The molecule has 1 aromatic heterocycles. The summed E-state index contributed by atoms with van der Waals surface area (Å²) in [7, 11) is 0. The predicted octanol–water partition coefficient (Wildman–Crippen LogP) is 2.19. The Bertz CT molecular complexity index is 857. The minimum absolute atomic E-state index is 0.0299. The van der Waals surface area contributed by atoms with Gasteiger partial charge in [-0.15, -0.1) is 5.11 Å². The van der Waals surface area contributed by atoms with Gasteiger partial charge in [0.25, 0.3) is 0 Å².